The van der Waals surface area contributed by atoms with Crippen LogP contribution in [-0.2, 0) is 65.4 Å². The first kappa shape index (κ1) is 90.5. The summed E-state index contributed by atoms with van der Waals surface area (Å²) in [5, 5.41) is 10.6. The molecular weight excluding hydrogens is 1230 g/mol. The Balaban J connectivity index is 5.34. The minimum atomic E-state index is -4.97. The molecule has 3 N–H and O–H groups in total. The van der Waals surface area contributed by atoms with Crippen LogP contribution in [0.5, 0.6) is 0 Å². The van der Waals surface area contributed by atoms with Gasteiger partial charge in [0.25, 0.3) is 0 Å². The molecule has 17 nitrogen and oxygen atoms in total. The third-order valence-electron chi connectivity index (χ3n) is 15.7. The predicted molar refractivity (Wildman–Crippen MR) is 381 cm³/mol. The van der Waals surface area contributed by atoms with Crippen LogP contribution in [0.2, 0.25) is 0 Å². The van der Waals surface area contributed by atoms with Gasteiger partial charge >= 0.3 is 39.5 Å². The number of phosphoric ester groups is 2. The largest absolute Gasteiger partial charge is 0.472 e. The maximum absolute atomic E-state index is 13.1. The maximum Gasteiger partial charge on any atom is 0.472 e. The molecule has 0 saturated heterocycles. The molecule has 0 aliphatic heterocycles. The fourth-order valence-electron chi connectivity index (χ4n) is 9.95. The third-order valence-corrected chi connectivity index (χ3v) is 17.6. The van der Waals surface area contributed by atoms with Gasteiger partial charge in [-0.05, 0) is 109 Å². The van der Waals surface area contributed by atoms with E-state index >= 15 is 0 Å². The molecule has 0 saturated carbocycles. The molecule has 0 aromatic rings. The average Bonchev–Trinajstić information content (AvgIpc) is 1.36. The third kappa shape index (κ3) is 67.1. The van der Waals surface area contributed by atoms with Crippen LogP contribution in [-0.4, -0.2) is 96.7 Å². The average molecular weight is 1370 g/mol. The van der Waals surface area contributed by atoms with Gasteiger partial charge in [-0.15, -0.1) is 0 Å². The van der Waals surface area contributed by atoms with E-state index in [0.29, 0.717) is 25.7 Å². The lowest BCUT2D eigenvalue weighted by Crippen LogP contribution is -2.30. The van der Waals surface area contributed by atoms with E-state index in [1.54, 1.807) is 0 Å². The molecule has 0 radical (unpaired) electrons. The van der Waals surface area contributed by atoms with Crippen LogP contribution in [0, 0.1) is 0 Å². The van der Waals surface area contributed by atoms with Crippen LogP contribution >= 0.6 is 15.6 Å². The van der Waals surface area contributed by atoms with Crippen molar-refractivity contribution in [2.75, 3.05) is 39.6 Å². The highest BCUT2D eigenvalue weighted by atomic mass is 31.2. The van der Waals surface area contributed by atoms with Gasteiger partial charge in [-0.2, -0.15) is 0 Å². The van der Waals surface area contributed by atoms with Gasteiger partial charge in [-0.25, -0.2) is 9.13 Å². The molecule has 0 bridgehead atoms. The van der Waals surface area contributed by atoms with Crippen molar-refractivity contribution in [3.05, 3.63) is 72.9 Å². The Morgan fingerprint density at radius 2 is 0.564 bits per heavy atom. The van der Waals surface area contributed by atoms with Crippen LogP contribution < -0.4 is 0 Å². The van der Waals surface area contributed by atoms with E-state index in [-0.39, 0.29) is 25.7 Å². The Kier molecular flexibility index (Phi) is 65.5. The zero-order chi connectivity index (χ0) is 69.0. The van der Waals surface area contributed by atoms with E-state index in [2.05, 4.69) is 101 Å². The molecule has 5 unspecified atom stereocenters. The van der Waals surface area contributed by atoms with E-state index in [0.717, 1.165) is 141 Å². The summed E-state index contributed by atoms with van der Waals surface area (Å²) in [5.74, 6) is -2.22. The summed E-state index contributed by atoms with van der Waals surface area (Å²) in [6.07, 6.45) is 66.2. The van der Waals surface area contributed by atoms with Crippen molar-refractivity contribution in [3.63, 3.8) is 0 Å². The minimum Gasteiger partial charge on any atom is -0.462 e. The first-order valence-electron chi connectivity index (χ1n) is 37.2. The number of ether oxygens (including phenoxy) is 4. The molecule has 0 amide bonds. The zero-order valence-electron chi connectivity index (χ0n) is 59.4. The molecule has 0 fully saturated rings. The maximum atomic E-state index is 13.1. The zero-order valence-corrected chi connectivity index (χ0v) is 61.2. The fourth-order valence-corrected chi connectivity index (χ4v) is 11.5. The number of esters is 4. The Bertz CT molecular complexity index is 2070. The van der Waals surface area contributed by atoms with Gasteiger partial charge in [-0.1, -0.05) is 261 Å². The normalized spacial score (nSPS) is 14.4. The number of aliphatic hydroxyl groups excluding tert-OH is 1. The number of carbonyl (C=O) groups excluding carboxylic acids is 4. The molecule has 0 aliphatic carbocycles. The van der Waals surface area contributed by atoms with E-state index < -0.39 is 97.5 Å². The monoisotopic (exact) mass is 1370 g/mol. The molecule has 0 aromatic carbocycles. The summed E-state index contributed by atoms with van der Waals surface area (Å²) in [6.45, 7) is 4.67. The molecule has 0 spiro atoms. The van der Waals surface area contributed by atoms with Gasteiger partial charge in [0.2, 0.25) is 0 Å². The molecule has 0 heterocycles. The van der Waals surface area contributed by atoms with Crippen LogP contribution in [0.4, 0.5) is 0 Å². The number of phosphoric acid groups is 2. The van der Waals surface area contributed by atoms with Gasteiger partial charge < -0.3 is 33.8 Å². The summed E-state index contributed by atoms with van der Waals surface area (Å²) in [7, 11) is -9.94. The lowest BCUT2D eigenvalue weighted by molar-refractivity contribution is -0.161. The minimum absolute atomic E-state index is 0.0848. The number of rotatable bonds is 70. The van der Waals surface area contributed by atoms with Crippen molar-refractivity contribution >= 4 is 39.5 Å². The summed E-state index contributed by atoms with van der Waals surface area (Å²) >= 11 is 0. The molecule has 546 valence electrons. The van der Waals surface area contributed by atoms with Gasteiger partial charge in [-0.3, -0.25) is 37.3 Å². The number of unbranched alkanes of at least 4 members (excludes halogenated alkanes) is 32. The number of carbonyl (C=O) groups is 4. The Labute approximate surface area is 571 Å². The quantitative estimate of drug-likeness (QED) is 0.0169. The second-order valence-corrected chi connectivity index (χ2v) is 27.8. The van der Waals surface area contributed by atoms with Gasteiger partial charge in [0.15, 0.2) is 12.2 Å². The standard InChI is InChI=1S/C75H134O17P2/c1-5-9-13-17-21-25-29-32-34-37-41-44-48-52-56-60-73(78)86-66-71(92-75(80)62-58-54-50-46-42-38-35-33-30-26-22-18-14-10-6-2)68-90-94(83,84)88-64-69(76)63-87-93(81,82)89-67-70(91-74(79)61-57-53-49-45-39-28-24-20-16-12-8-4)65-85-72(77)59-55-51-47-43-40-36-31-27-23-19-15-11-7-3/h9,13,20-21,24-25,27,31-32,34,41,44,69-71,76H,5-8,10-12,14-19,22-23,26,28-30,33,35-40,42-43,45-68H2,1-4H3,(H,81,82)(H,83,84)/b13-9-,24-20-,25-21-,31-27-,34-32-,44-41-. The summed E-state index contributed by atoms with van der Waals surface area (Å²) in [5.41, 5.74) is 0. The van der Waals surface area contributed by atoms with Crippen molar-refractivity contribution in [3.8, 4) is 0 Å². The van der Waals surface area contributed by atoms with E-state index in [1.807, 2.05) is 0 Å². The molecule has 5 atom stereocenters. The van der Waals surface area contributed by atoms with E-state index in [1.165, 1.54) is 103 Å². The van der Waals surface area contributed by atoms with Crippen LogP contribution in [0.1, 0.15) is 323 Å². The first-order valence-corrected chi connectivity index (χ1v) is 40.2. The Morgan fingerprint density at radius 1 is 0.309 bits per heavy atom. The molecule has 0 aromatic heterocycles. The predicted octanol–water partition coefficient (Wildman–Crippen LogP) is 20.9. The topological polar surface area (TPSA) is 237 Å². The smallest absolute Gasteiger partial charge is 0.462 e. The van der Waals surface area contributed by atoms with Crippen molar-refractivity contribution < 1.29 is 80.2 Å². The van der Waals surface area contributed by atoms with E-state index in [9.17, 15) is 43.2 Å². The van der Waals surface area contributed by atoms with Crippen molar-refractivity contribution in [1.29, 1.82) is 0 Å². The summed E-state index contributed by atoms with van der Waals surface area (Å²) in [4.78, 5) is 72.7. The molecule has 19 heteroatoms. The highest BCUT2D eigenvalue weighted by molar-refractivity contribution is 7.47. The number of aliphatic hydroxyl groups is 1. The van der Waals surface area contributed by atoms with E-state index in [4.69, 9.17) is 37.0 Å². The Morgan fingerprint density at radius 3 is 0.926 bits per heavy atom. The number of hydrogen-bond donors (Lipinski definition) is 3. The summed E-state index contributed by atoms with van der Waals surface area (Å²) < 4.78 is 68.3. The lowest BCUT2D eigenvalue weighted by Gasteiger charge is -2.21. The van der Waals surface area contributed by atoms with Crippen molar-refractivity contribution in [1.82, 2.24) is 0 Å². The summed E-state index contributed by atoms with van der Waals surface area (Å²) in [6, 6.07) is 0. The van der Waals surface area contributed by atoms with Crippen LogP contribution in [0.25, 0.3) is 0 Å². The van der Waals surface area contributed by atoms with Crippen LogP contribution in [0.15, 0.2) is 72.9 Å². The molecule has 0 aliphatic rings. The van der Waals surface area contributed by atoms with Crippen LogP contribution in [0.3, 0.4) is 0 Å². The number of hydrogen-bond acceptors (Lipinski definition) is 15. The SMILES string of the molecule is CC/C=C\C/C=C\C/C=C\C/C=C\CCCCC(=O)OCC(COP(=O)(O)OCC(O)COP(=O)(O)OCC(COC(=O)CCCCCCC/C=C\CCCCCC)OC(=O)CCCCCCC/C=C\CCCC)OC(=O)CCCCCCCCCCCCCCCCC. The van der Waals surface area contributed by atoms with Gasteiger partial charge in [0.1, 0.15) is 19.3 Å². The fraction of sp³-hybridized carbons (Fsp3) is 0.787. The molecule has 94 heavy (non-hydrogen) atoms. The van der Waals surface area contributed by atoms with Crippen molar-refractivity contribution in [2.45, 2.75) is 341 Å². The number of allylic oxidation sites excluding steroid dienone is 12. The molecule has 0 rings (SSSR count). The highest BCUT2D eigenvalue weighted by Gasteiger charge is 2.30. The van der Waals surface area contributed by atoms with Crippen molar-refractivity contribution in [2.24, 2.45) is 0 Å². The lowest BCUT2D eigenvalue weighted by atomic mass is 10.0. The first-order chi connectivity index (χ1) is 45.7. The second-order valence-electron chi connectivity index (χ2n) is 24.9. The Hall–Kier alpha value is -3.50. The van der Waals surface area contributed by atoms with Gasteiger partial charge in [0, 0.05) is 25.7 Å². The second kappa shape index (κ2) is 68.0. The highest BCUT2D eigenvalue weighted by Crippen LogP contribution is 2.45. The molecular formula is C75H134O17P2. The van der Waals surface area contributed by atoms with Gasteiger partial charge in [0.05, 0.1) is 26.4 Å².